The van der Waals surface area contributed by atoms with E-state index in [4.69, 9.17) is 4.74 Å². The minimum absolute atomic E-state index is 0.229. The van der Waals surface area contributed by atoms with Gasteiger partial charge in [-0.3, -0.25) is 19.5 Å². The number of nitrogens with one attached hydrogen (secondary N) is 2. The molecule has 1 heterocycles. The summed E-state index contributed by atoms with van der Waals surface area (Å²) in [6.45, 7) is 9.03. The Labute approximate surface area is 281 Å². The lowest BCUT2D eigenvalue weighted by molar-refractivity contribution is -0.126. The largest absolute Gasteiger partial charge is 0.489 e. The number of thioether (sulfide) groups is 1. The molecule has 0 aliphatic carbocycles. The first kappa shape index (κ1) is 35.6. The molecular formula is C37H42FN5O3S. The predicted molar refractivity (Wildman–Crippen MR) is 188 cm³/mol. The summed E-state index contributed by atoms with van der Waals surface area (Å²) < 4.78 is 20.9. The molecular weight excluding hydrogens is 614 g/mol. The van der Waals surface area contributed by atoms with Gasteiger partial charge in [-0.2, -0.15) is 0 Å². The van der Waals surface area contributed by atoms with E-state index in [9.17, 15) is 14.0 Å². The Hall–Kier alpha value is -4.27. The van der Waals surface area contributed by atoms with Gasteiger partial charge < -0.3 is 20.3 Å². The lowest BCUT2D eigenvalue weighted by Gasteiger charge is -2.29. The van der Waals surface area contributed by atoms with E-state index in [2.05, 4.69) is 39.1 Å². The van der Waals surface area contributed by atoms with Crippen LogP contribution in [0.1, 0.15) is 51.5 Å². The van der Waals surface area contributed by atoms with E-state index < -0.39 is 11.9 Å². The third kappa shape index (κ3) is 11.2. The van der Waals surface area contributed by atoms with Gasteiger partial charge in [-0.1, -0.05) is 54.3 Å². The van der Waals surface area contributed by atoms with Crippen LogP contribution in [0, 0.1) is 17.7 Å². The second kappa shape index (κ2) is 19.4. The molecule has 2 N–H and O–H groups in total. The van der Waals surface area contributed by atoms with Crippen LogP contribution in [-0.2, 0) is 17.9 Å². The van der Waals surface area contributed by atoms with E-state index >= 15 is 0 Å². The van der Waals surface area contributed by atoms with Gasteiger partial charge in [0.05, 0.1) is 5.88 Å². The van der Waals surface area contributed by atoms with Gasteiger partial charge in [0, 0.05) is 62.0 Å². The number of nitrogens with zero attached hydrogens (tertiary/aromatic N) is 3. The van der Waals surface area contributed by atoms with E-state index in [1.54, 1.807) is 23.4 Å². The molecule has 1 aliphatic heterocycles. The first-order chi connectivity index (χ1) is 23.0. The highest BCUT2D eigenvalue weighted by Crippen LogP contribution is 2.32. The zero-order valence-electron chi connectivity index (χ0n) is 26.8. The van der Waals surface area contributed by atoms with Crippen molar-refractivity contribution in [1.29, 1.82) is 0 Å². The highest BCUT2D eigenvalue weighted by molar-refractivity contribution is 8.02. The molecule has 10 heteroatoms. The second-order valence-electron chi connectivity index (χ2n) is 11.1. The minimum atomic E-state index is -0.933. The van der Waals surface area contributed by atoms with Crippen LogP contribution in [0.4, 0.5) is 4.39 Å². The molecule has 1 unspecified atom stereocenters. The molecule has 1 fully saturated rings. The van der Waals surface area contributed by atoms with Crippen molar-refractivity contribution in [2.75, 3.05) is 45.6 Å². The fourth-order valence-electron chi connectivity index (χ4n) is 5.36. The summed E-state index contributed by atoms with van der Waals surface area (Å²) >= 11 is 1.34. The third-order valence-corrected chi connectivity index (χ3v) is 8.35. The van der Waals surface area contributed by atoms with Crippen molar-refractivity contribution in [3.63, 3.8) is 0 Å². The molecule has 8 nitrogen and oxygen atoms in total. The lowest BCUT2D eigenvalue weighted by atomic mass is 9.99. The van der Waals surface area contributed by atoms with Crippen molar-refractivity contribution in [2.45, 2.75) is 32.0 Å². The number of halogens is 1. The van der Waals surface area contributed by atoms with Crippen molar-refractivity contribution in [3.05, 3.63) is 112 Å². The van der Waals surface area contributed by atoms with Crippen molar-refractivity contribution in [1.82, 2.24) is 20.4 Å². The molecule has 3 aromatic rings. The average Bonchev–Trinajstić information content (AvgIpc) is 3.09. The van der Waals surface area contributed by atoms with Crippen LogP contribution < -0.4 is 15.4 Å². The SMILES string of the molecule is C=N/C=C\SCNC(=O)C(c1cc(F)ccc1OCc1ccccc1)N(C)Cc1cccc(C#CCCCN2CCNCC2)c1C=O. The van der Waals surface area contributed by atoms with Crippen LogP contribution in [0.25, 0.3) is 0 Å². The first-order valence-corrected chi connectivity index (χ1v) is 16.7. The maximum atomic E-state index is 14.8. The van der Waals surface area contributed by atoms with Crippen LogP contribution in [0.2, 0.25) is 0 Å². The Morgan fingerprint density at radius 3 is 2.77 bits per heavy atom. The zero-order chi connectivity index (χ0) is 33.3. The van der Waals surface area contributed by atoms with Crippen LogP contribution in [0.5, 0.6) is 5.75 Å². The van der Waals surface area contributed by atoms with E-state index in [0.717, 1.165) is 57.4 Å². The predicted octanol–water partition coefficient (Wildman–Crippen LogP) is 5.41. The van der Waals surface area contributed by atoms with Crippen LogP contribution in [0.3, 0.4) is 0 Å². The Balaban J connectivity index is 1.55. The Morgan fingerprint density at radius 1 is 1.19 bits per heavy atom. The van der Waals surface area contributed by atoms with Crippen molar-refractivity contribution >= 4 is 30.7 Å². The maximum Gasteiger partial charge on any atom is 0.242 e. The van der Waals surface area contributed by atoms with Gasteiger partial charge in [0.15, 0.2) is 6.29 Å². The first-order valence-electron chi connectivity index (χ1n) is 15.7. The molecule has 3 aromatic carbocycles. The average molecular weight is 656 g/mol. The molecule has 0 spiro atoms. The Kier molecular flexibility index (Phi) is 14.7. The number of unbranched alkanes of at least 4 members (excludes halogenated alkanes) is 1. The lowest BCUT2D eigenvalue weighted by Crippen LogP contribution is -2.43. The summed E-state index contributed by atoms with van der Waals surface area (Å²) in [6.07, 6.45) is 4.04. The number of hydrogen-bond donors (Lipinski definition) is 2. The molecule has 1 atom stereocenters. The molecule has 0 aromatic heterocycles. The van der Waals surface area contributed by atoms with Gasteiger partial charge in [0.1, 0.15) is 24.2 Å². The molecule has 4 rings (SSSR count). The Bertz CT molecular complexity index is 1570. The molecule has 47 heavy (non-hydrogen) atoms. The highest BCUT2D eigenvalue weighted by Gasteiger charge is 2.29. The number of carbonyl (C=O) groups excluding carboxylic acids is 2. The summed E-state index contributed by atoms with van der Waals surface area (Å²) in [5.41, 5.74) is 3.15. The van der Waals surface area contributed by atoms with E-state index in [0.29, 0.717) is 28.0 Å². The summed E-state index contributed by atoms with van der Waals surface area (Å²) in [5.74, 6) is 6.25. The van der Waals surface area contributed by atoms with Crippen LogP contribution >= 0.6 is 11.8 Å². The number of ether oxygens (including phenoxy) is 1. The number of hydrogen-bond acceptors (Lipinski definition) is 8. The van der Waals surface area contributed by atoms with Crippen molar-refractivity contribution < 1.29 is 18.7 Å². The molecule has 0 radical (unpaired) electrons. The summed E-state index contributed by atoms with van der Waals surface area (Å²) in [5, 5.41) is 8.01. The van der Waals surface area contributed by atoms with Gasteiger partial charge in [0.25, 0.3) is 0 Å². The molecule has 246 valence electrons. The van der Waals surface area contributed by atoms with E-state index in [1.165, 1.54) is 30.1 Å². The number of amides is 1. The van der Waals surface area contributed by atoms with Gasteiger partial charge in [-0.05, 0) is 67.5 Å². The van der Waals surface area contributed by atoms with Gasteiger partial charge in [-0.15, -0.1) is 11.8 Å². The number of rotatable bonds is 16. The standard InChI is InChI=1S/C37H42FN5O3S/c1-39-19-23-47-28-41-37(45)36(33-24-32(38)15-16-35(33)46-27-29-10-5-3-6-11-29)42(2)25-31-14-9-13-30(34(31)26-44)12-7-4-8-20-43-21-17-40-18-22-43/h3,5-6,9-11,13-16,19,23-24,26,36,40H,1,4,8,17-18,20-22,25,27-28H2,2H3,(H,41,45)/b23-19-. The van der Waals surface area contributed by atoms with Crippen molar-refractivity contribution in [2.24, 2.45) is 4.99 Å². The quantitative estimate of drug-likeness (QED) is 0.0703. The highest BCUT2D eigenvalue weighted by atomic mass is 32.2. The summed E-state index contributed by atoms with van der Waals surface area (Å²) in [7, 11) is 1.77. The molecule has 1 aliphatic rings. The number of piperazine rings is 1. The maximum absolute atomic E-state index is 14.8. The number of aldehydes is 1. The fourth-order valence-corrected chi connectivity index (χ4v) is 5.86. The summed E-state index contributed by atoms with van der Waals surface area (Å²) in [4.78, 5) is 34.1. The summed E-state index contributed by atoms with van der Waals surface area (Å²) in [6, 6.07) is 18.4. The zero-order valence-corrected chi connectivity index (χ0v) is 27.6. The monoisotopic (exact) mass is 655 g/mol. The van der Waals surface area contributed by atoms with Gasteiger partial charge in [-0.25, -0.2) is 4.39 Å². The minimum Gasteiger partial charge on any atom is -0.489 e. The Morgan fingerprint density at radius 2 is 2.00 bits per heavy atom. The smallest absolute Gasteiger partial charge is 0.242 e. The number of aliphatic imine (C=N–C) groups is 1. The van der Waals surface area contributed by atoms with Gasteiger partial charge in [0.2, 0.25) is 5.91 Å². The van der Waals surface area contributed by atoms with E-state index in [-0.39, 0.29) is 24.9 Å². The molecule has 0 bridgehead atoms. The van der Waals surface area contributed by atoms with Crippen molar-refractivity contribution in [3.8, 4) is 17.6 Å². The number of benzene rings is 3. The fraction of sp³-hybridized carbons (Fsp3) is 0.324. The normalized spacial score (nSPS) is 13.9. The number of carbonyl (C=O) groups is 2. The molecule has 0 saturated carbocycles. The second-order valence-corrected chi connectivity index (χ2v) is 12.0. The topological polar surface area (TPSA) is 86.3 Å². The van der Waals surface area contributed by atoms with Crippen LogP contribution in [-0.4, -0.2) is 74.4 Å². The van der Waals surface area contributed by atoms with Crippen LogP contribution in [0.15, 0.2) is 83.3 Å². The van der Waals surface area contributed by atoms with E-state index in [1.807, 2.05) is 48.5 Å². The molecule has 1 saturated heterocycles. The molecule has 1 amide bonds. The van der Waals surface area contributed by atoms with Gasteiger partial charge >= 0.3 is 0 Å². The number of likely N-dealkylation sites (N-methyl/N-ethyl adjacent to an activating group) is 1. The third-order valence-electron chi connectivity index (χ3n) is 7.73.